The number of fused-ring (bicyclic) bond motifs is 7. The molecule has 0 N–H and O–H groups in total. The van der Waals surface area contributed by atoms with E-state index >= 15 is 0 Å². The molecule has 0 atom stereocenters. The Hall–Kier alpha value is -5.72. The van der Waals surface area contributed by atoms with Crippen molar-refractivity contribution in [1.82, 2.24) is 0 Å². The van der Waals surface area contributed by atoms with Crippen LogP contribution in [0.1, 0.15) is 36.1 Å². The highest BCUT2D eigenvalue weighted by Gasteiger charge is 2.35. The molecule has 9 rings (SSSR count). The Morgan fingerprint density at radius 1 is 0.479 bits per heavy atom. The predicted octanol–water partition coefficient (Wildman–Crippen LogP) is 13.0. The average Bonchev–Trinajstić information content (AvgIpc) is 3.37. The molecule has 0 heteroatoms. The molecule has 0 saturated heterocycles. The molecule has 0 amide bonds. The molecule has 0 radical (unpaired) electrons. The first kappa shape index (κ1) is 28.5. The number of benzene rings is 8. The molecule has 8 aromatic carbocycles. The number of hydrogen-bond donors (Lipinski definition) is 0. The molecule has 0 spiro atoms. The van der Waals surface area contributed by atoms with Gasteiger partial charge in [-0.15, -0.1) is 0 Å². The van der Waals surface area contributed by atoms with E-state index in [-0.39, 0.29) is 5.41 Å². The van der Waals surface area contributed by atoms with Crippen molar-refractivity contribution in [1.29, 1.82) is 0 Å². The molecule has 0 aliphatic heterocycles. The van der Waals surface area contributed by atoms with Crippen LogP contribution in [-0.4, -0.2) is 0 Å². The van der Waals surface area contributed by atoms with E-state index in [0.29, 0.717) is 0 Å². The molecule has 0 heterocycles. The van der Waals surface area contributed by atoms with Gasteiger partial charge in [0.05, 0.1) is 0 Å². The van der Waals surface area contributed by atoms with Crippen LogP contribution >= 0.6 is 0 Å². The zero-order valence-corrected chi connectivity index (χ0v) is 27.4. The first-order valence-electron chi connectivity index (χ1n) is 17.0. The summed E-state index contributed by atoms with van der Waals surface area (Å²) in [6, 6.07) is 58.1. The molecule has 1 aliphatic carbocycles. The van der Waals surface area contributed by atoms with Gasteiger partial charge in [-0.1, -0.05) is 178 Å². The fraction of sp³-hybridized carbons (Fsp3) is 0.0833. The third-order valence-electron chi connectivity index (χ3n) is 10.5. The first-order chi connectivity index (χ1) is 23.6. The quantitative estimate of drug-likeness (QED) is 0.134. The van der Waals surface area contributed by atoms with Crippen molar-refractivity contribution in [2.75, 3.05) is 0 Å². The lowest BCUT2D eigenvalue weighted by Gasteiger charge is -2.22. The van der Waals surface area contributed by atoms with Crippen LogP contribution in [0, 0.1) is 0 Å². The summed E-state index contributed by atoms with van der Waals surface area (Å²) < 4.78 is 0. The maximum Gasteiger partial charge on any atom is 0.0159 e. The fourth-order valence-corrected chi connectivity index (χ4v) is 8.10. The van der Waals surface area contributed by atoms with Gasteiger partial charge in [-0.25, -0.2) is 0 Å². The Bertz CT molecular complexity index is 2530. The third-order valence-corrected chi connectivity index (χ3v) is 10.5. The lowest BCUT2D eigenvalue weighted by molar-refractivity contribution is 0.660. The minimum absolute atomic E-state index is 0.00655. The van der Waals surface area contributed by atoms with Crippen molar-refractivity contribution in [3.63, 3.8) is 0 Å². The van der Waals surface area contributed by atoms with Gasteiger partial charge in [0.2, 0.25) is 0 Å². The minimum atomic E-state index is 0.00655. The largest absolute Gasteiger partial charge is 0.0795 e. The highest BCUT2D eigenvalue weighted by Crippen LogP contribution is 2.49. The summed E-state index contributed by atoms with van der Waals surface area (Å²) in [5, 5.41) is 7.75. The van der Waals surface area contributed by atoms with Gasteiger partial charge in [0.1, 0.15) is 0 Å². The molecule has 0 nitrogen and oxygen atoms in total. The molecule has 0 bridgehead atoms. The Morgan fingerprint density at radius 2 is 1.15 bits per heavy atom. The number of hydrogen-bond acceptors (Lipinski definition) is 0. The highest BCUT2D eigenvalue weighted by atomic mass is 14.4. The van der Waals surface area contributed by atoms with Gasteiger partial charge in [0.25, 0.3) is 0 Å². The summed E-state index contributed by atoms with van der Waals surface area (Å²) in [5.41, 5.74) is 13.3. The number of rotatable bonds is 5. The van der Waals surface area contributed by atoms with Gasteiger partial charge >= 0.3 is 0 Å². The van der Waals surface area contributed by atoms with E-state index in [4.69, 9.17) is 0 Å². The van der Waals surface area contributed by atoms with E-state index in [1.165, 1.54) is 88.0 Å². The molecular weight excluding hydrogens is 577 g/mol. The SMILES string of the molecule is CC1(C)c2ccccc2-c2ccc(-c3ccc(C/C=C/c4c5ccccc5c(-c5ccccc5)c5c4ccc4ccccc45)cc3)cc21. The zero-order valence-electron chi connectivity index (χ0n) is 27.4. The van der Waals surface area contributed by atoms with E-state index in [1.807, 2.05) is 0 Å². The van der Waals surface area contributed by atoms with Gasteiger partial charge in [-0.05, 0) is 100 Å². The molecule has 228 valence electrons. The van der Waals surface area contributed by atoms with E-state index in [2.05, 4.69) is 184 Å². The van der Waals surface area contributed by atoms with Crippen molar-refractivity contribution in [3.8, 4) is 33.4 Å². The molecule has 48 heavy (non-hydrogen) atoms. The van der Waals surface area contributed by atoms with E-state index < -0.39 is 0 Å². The first-order valence-corrected chi connectivity index (χ1v) is 17.0. The number of allylic oxidation sites excluding steroid dienone is 1. The van der Waals surface area contributed by atoms with E-state index in [9.17, 15) is 0 Å². The second-order valence-electron chi connectivity index (χ2n) is 13.6. The maximum absolute atomic E-state index is 2.41. The van der Waals surface area contributed by atoms with Crippen LogP contribution in [-0.2, 0) is 11.8 Å². The molecule has 0 saturated carbocycles. The molecule has 0 unspecified atom stereocenters. The summed E-state index contributed by atoms with van der Waals surface area (Å²) in [4.78, 5) is 0. The standard InChI is InChI=1S/C48H36/c1-48(2)44-22-11-10-19-40(44)41-29-28-36(31-45(41)48)33-25-23-32(24-26-33)13-12-21-39-38-18-8-9-20-42(38)46(35-15-4-3-5-16-35)47-37-17-7-6-14-34(37)27-30-43(39)47/h3-12,14-31H,13H2,1-2H3/b21-12+. The zero-order chi connectivity index (χ0) is 32.2. The summed E-state index contributed by atoms with van der Waals surface area (Å²) in [5.74, 6) is 0. The third kappa shape index (κ3) is 4.52. The van der Waals surface area contributed by atoms with Crippen molar-refractivity contribution in [2.24, 2.45) is 0 Å². The van der Waals surface area contributed by atoms with Crippen LogP contribution in [0.2, 0.25) is 0 Å². The highest BCUT2D eigenvalue weighted by molar-refractivity contribution is 6.25. The molecule has 1 aliphatic rings. The normalized spacial score (nSPS) is 13.4. The second kappa shape index (κ2) is 11.2. The summed E-state index contributed by atoms with van der Waals surface area (Å²) in [6.45, 7) is 4.70. The van der Waals surface area contributed by atoms with E-state index in [1.54, 1.807) is 0 Å². The van der Waals surface area contributed by atoms with Gasteiger partial charge < -0.3 is 0 Å². The lowest BCUT2D eigenvalue weighted by atomic mass is 9.81. The van der Waals surface area contributed by atoms with Crippen LogP contribution in [0.3, 0.4) is 0 Å². The second-order valence-corrected chi connectivity index (χ2v) is 13.6. The minimum Gasteiger partial charge on any atom is -0.0795 e. The van der Waals surface area contributed by atoms with Gasteiger partial charge in [0, 0.05) is 5.41 Å². The van der Waals surface area contributed by atoms with Crippen molar-refractivity contribution in [3.05, 3.63) is 186 Å². The summed E-state index contributed by atoms with van der Waals surface area (Å²) in [7, 11) is 0. The van der Waals surface area contributed by atoms with Crippen LogP contribution in [0.4, 0.5) is 0 Å². The lowest BCUT2D eigenvalue weighted by Crippen LogP contribution is -2.14. The average molecular weight is 613 g/mol. The van der Waals surface area contributed by atoms with Gasteiger partial charge in [0.15, 0.2) is 0 Å². The van der Waals surface area contributed by atoms with Crippen LogP contribution in [0.15, 0.2) is 164 Å². The summed E-state index contributed by atoms with van der Waals surface area (Å²) >= 11 is 0. The van der Waals surface area contributed by atoms with Gasteiger partial charge in [-0.3, -0.25) is 0 Å². The summed E-state index contributed by atoms with van der Waals surface area (Å²) in [6.07, 6.45) is 5.56. The Balaban J connectivity index is 1.08. The van der Waals surface area contributed by atoms with E-state index in [0.717, 1.165) is 6.42 Å². The van der Waals surface area contributed by atoms with Crippen LogP contribution in [0.25, 0.3) is 71.8 Å². The molecule has 0 aromatic heterocycles. The van der Waals surface area contributed by atoms with Crippen molar-refractivity contribution >= 4 is 38.4 Å². The Labute approximate surface area is 282 Å². The Morgan fingerprint density at radius 3 is 1.98 bits per heavy atom. The van der Waals surface area contributed by atoms with Crippen molar-refractivity contribution in [2.45, 2.75) is 25.7 Å². The smallest absolute Gasteiger partial charge is 0.0159 e. The maximum atomic E-state index is 2.41. The van der Waals surface area contributed by atoms with Crippen LogP contribution < -0.4 is 0 Å². The molecule has 8 aromatic rings. The predicted molar refractivity (Wildman–Crippen MR) is 207 cm³/mol. The molecule has 0 fully saturated rings. The Kier molecular flexibility index (Phi) is 6.66. The topological polar surface area (TPSA) is 0 Å². The monoisotopic (exact) mass is 612 g/mol. The fourth-order valence-electron chi connectivity index (χ4n) is 8.10. The van der Waals surface area contributed by atoms with Gasteiger partial charge in [-0.2, -0.15) is 0 Å². The molecular formula is C48H36. The van der Waals surface area contributed by atoms with Crippen LogP contribution in [0.5, 0.6) is 0 Å². The van der Waals surface area contributed by atoms with Crippen molar-refractivity contribution < 1.29 is 0 Å².